The summed E-state index contributed by atoms with van der Waals surface area (Å²) >= 11 is 0. The number of hydrogen-bond donors (Lipinski definition) is 1. The third-order valence-electron chi connectivity index (χ3n) is 8.42. The molecule has 0 aliphatic rings. The van der Waals surface area contributed by atoms with Gasteiger partial charge < -0.3 is 43.7 Å². The number of esters is 1. The van der Waals surface area contributed by atoms with Crippen molar-refractivity contribution < 1.29 is 48.0 Å². The Labute approximate surface area is 388 Å². The topological polar surface area (TPSA) is 155 Å². The fraction of sp³-hybridized carbons (Fsp3) is 0.898. The van der Waals surface area contributed by atoms with Crippen LogP contribution in [0.3, 0.4) is 0 Å². The maximum absolute atomic E-state index is 11.6. The summed E-state index contributed by atoms with van der Waals surface area (Å²) in [5.74, 6) is 0.0740. The van der Waals surface area contributed by atoms with E-state index in [9.17, 15) is 29.1 Å². The van der Waals surface area contributed by atoms with E-state index in [2.05, 4.69) is 41.5 Å². The van der Waals surface area contributed by atoms with Crippen LogP contribution in [0.1, 0.15) is 187 Å². The predicted molar refractivity (Wildman–Crippen MR) is 262 cm³/mol. The molecule has 0 unspecified atom stereocenters. The van der Waals surface area contributed by atoms with Crippen LogP contribution < -0.4 is 0 Å². The Kier molecular flexibility index (Phi) is 38.6. The van der Waals surface area contributed by atoms with E-state index in [1.807, 2.05) is 139 Å². The van der Waals surface area contributed by atoms with E-state index in [0.717, 1.165) is 0 Å². The van der Waals surface area contributed by atoms with Crippen molar-refractivity contribution in [3.8, 4) is 0 Å². The van der Waals surface area contributed by atoms with Gasteiger partial charge >= 0.3 is 24.2 Å². The second kappa shape index (κ2) is 34.1. The summed E-state index contributed by atoms with van der Waals surface area (Å²) in [6, 6.07) is 1.10. The quantitative estimate of drug-likeness (QED) is 0.174. The van der Waals surface area contributed by atoms with E-state index in [4.69, 9.17) is 18.9 Å². The van der Waals surface area contributed by atoms with Gasteiger partial charge in [0.15, 0.2) is 0 Å². The molecular formula is C49H104N4O10. The largest absolute Gasteiger partial charge is 0.508 e. The zero-order chi connectivity index (χ0) is 52.3. The molecule has 0 aromatic rings. The summed E-state index contributed by atoms with van der Waals surface area (Å²) in [5.41, 5.74) is -0.254. The standard InChI is InChI=1S/C9H20N2O.C9H19NO.C9H20O.C8H17NO2.C7H14O3.C7H14O2/c1-7(2)10(5)9(12)11(6)8(3)4;1-7(2)10(6)8(11)9(3,4)5;1-8(2,3)7(10)9(4,5)6;1-6(2)9(5)8(10)11-7(3)4;1-5(2)9-7(8)10-6(3)4;1-5(2)7(8)9-6(3)4/h7-8H,1-6H3;7H,1-6H3;7,10H,1-6H3;6-7H,1-5H3;5-6H,1-4H3;5-6H,1-4H3. The van der Waals surface area contributed by atoms with E-state index in [1.165, 1.54) is 0 Å². The molecule has 0 rings (SSSR count). The van der Waals surface area contributed by atoms with Crippen LogP contribution in [0.25, 0.3) is 0 Å². The minimum atomic E-state index is -0.593. The fourth-order valence-electron chi connectivity index (χ4n) is 4.03. The molecule has 1 N–H and O–H groups in total. The van der Waals surface area contributed by atoms with Crippen molar-refractivity contribution in [1.29, 1.82) is 0 Å². The lowest BCUT2D eigenvalue weighted by atomic mass is 9.74. The number of aliphatic hydroxyl groups is 1. The predicted octanol–water partition coefficient (Wildman–Crippen LogP) is 11.5. The highest BCUT2D eigenvalue weighted by atomic mass is 16.7. The molecule has 0 aromatic carbocycles. The van der Waals surface area contributed by atoms with Gasteiger partial charge in [-0.1, -0.05) is 76.2 Å². The number of ether oxygens (including phenoxy) is 4. The van der Waals surface area contributed by atoms with Crippen molar-refractivity contribution in [1.82, 2.24) is 19.6 Å². The molecule has 0 heterocycles. The number of carbonyl (C=O) groups excluding carboxylic acids is 5. The number of aliphatic hydroxyl groups excluding tert-OH is 1. The lowest BCUT2D eigenvalue weighted by Gasteiger charge is -2.36. The van der Waals surface area contributed by atoms with E-state index in [0.29, 0.717) is 6.04 Å². The Morgan fingerprint density at radius 2 is 0.683 bits per heavy atom. The van der Waals surface area contributed by atoms with Gasteiger partial charge in [-0.25, -0.2) is 14.4 Å². The molecule has 0 bridgehead atoms. The molecule has 63 heavy (non-hydrogen) atoms. The van der Waals surface area contributed by atoms with Crippen LogP contribution in [0.15, 0.2) is 0 Å². The summed E-state index contributed by atoms with van der Waals surface area (Å²) in [6.45, 7) is 52.3. The molecule has 14 heteroatoms. The summed E-state index contributed by atoms with van der Waals surface area (Å²) < 4.78 is 19.2. The lowest BCUT2D eigenvalue weighted by Crippen LogP contribution is -2.45. The van der Waals surface area contributed by atoms with Gasteiger partial charge in [-0.05, 0) is 122 Å². The first kappa shape index (κ1) is 71.3. The number of nitrogens with zero attached hydrogens (tertiary/aromatic N) is 4. The molecule has 0 fully saturated rings. The lowest BCUT2D eigenvalue weighted by molar-refractivity contribution is -0.151. The first-order chi connectivity index (χ1) is 27.8. The average molecular weight is 909 g/mol. The fourth-order valence-corrected chi connectivity index (χ4v) is 4.03. The third-order valence-corrected chi connectivity index (χ3v) is 8.42. The van der Waals surface area contributed by atoms with Gasteiger partial charge in [-0.2, -0.15) is 0 Å². The van der Waals surface area contributed by atoms with Crippen LogP contribution in [0.2, 0.25) is 0 Å². The van der Waals surface area contributed by atoms with Crippen LogP contribution >= 0.6 is 0 Å². The van der Waals surface area contributed by atoms with Gasteiger partial charge in [-0.15, -0.1) is 0 Å². The summed E-state index contributed by atoms with van der Waals surface area (Å²) in [7, 11) is 7.23. The van der Waals surface area contributed by atoms with Gasteiger partial charge in [0.25, 0.3) is 0 Å². The molecule has 14 nitrogen and oxygen atoms in total. The van der Waals surface area contributed by atoms with E-state index in [-0.39, 0.29) is 94.8 Å². The molecule has 0 atom stereocenters. The minimum absolute atomic E-state index is 0.00174. The summed E-state index contributed by atoms with van der Waals surface area (Å²) in [6.07, 6.45) is -1.32. The Balaban J connectivity index is -0.000000155. The highest BCUT2D eigenvalue weighted by Crippen LogP contribution is 2.32. The van der Waals surface area contributed by atoms with Gasteiger partial charge in [0, 0.05) is 57.8 Å². The highest BCUT2D eigenvalue weighted by molar-refractivity contribution is 5.81. The van der Waals surface area contributed by atoms with E-state index in [1.54, 1.807) is 54.3 Å². The SMILES string of the molecule is CC(C)(C)C(O)C(C)(C)C.CC(C)N(C)C(=O)C(C)(C)C.CC(C)N(C)C(=O)N(C)C(C)C.CC(C)OC(=O)C(C)C.CC(C)OC(=O)N(C)C(C)C.CC(C)OC(=O)OC(C)C. The molecular weight excluding hydrogens is 805 g/mol. The van der Waals surface area contributed by atoms with E-state index < -0.39 is 6.16 Å². The molecule has 0 saturated heterocycles. The van der Waals surface area contributed by atoms with Crippen molar-refractivity contribution in [3.05, 3.63) is 0 Å². The van der Waals surface area contributed by atoms with Crippen LogP contribution in [0.4, 0.5) is 14.4 Å². The van der Waals surface area contributed by atoms with Crippen molar-refractivity contribution in [2.45, 2.75) is 242 Å². The summed E-state index contributed by atoms with van der Waals surface area (Å²) in [4.78, 5) is 62.4. The normalized spacial score (nSPS) is 11.3. The minimum Gasteiger partial charge on any atom is -0.463 e. The van der Waals surface area contributed by atoms with Crippen molar-refractivity contribution in [3.63, 3.8) is 0 Å². The molecule has 380 valence electrons. The Hall–Kier alpha value is -3.29. The van der Waals surface area contributed by atoms with Crippen molar-refractivity contribution >= 4 is 30.2 Å². The Bertz CT molecular complexity index is 1180. The molecule has 4 amide bonds. The second-order valence-electron chi connectivity index (χ2n) is 21.4. The van der Waals surface area contributed by atoms with Gasteiger partial charge in [0.1, 0.15) is 0 Å². The van der Waals surface area contributed by atoms with Crippen LogP contribution in [0, 0.1) is 22.2 Å². The number of carbonyl (C=O) groups is 5. The molecule has 0 saturated carbocycles. The zero-order valence-corrected chi connectivity index (χ0v) is 46.7. The molecule has 0 radical (unpaired) electrons. The van der Waals surface area contributed by atoms with Gasteiger partial charge in [0.05, 0.1) is 36.4 Å². The maximum Gasteiger partial charge on any atom is 0.508 e. The maximum atomic E-state index is 11.6. The first-order valence-electron chi connectivity index (χ1n) is 22.8. The van der Waals surface area contributed by atoms with Gasteiger partial charge in [0.2, 0.25) is 5.91 Å². The van der Waals surface area contributed by atoms with Crippen molar-refractivity contribution in [2.24, 2.45) is 22.2 Å². The molecule has 0 spiro atoms. The summed E-state index contributed by atoms with van der Waals surface area (Å²) in [5, 5.41) is 9.72. The van der Waals surface area contributed by atoms with E-state index >= 15 is 0 Å². The molecule has 0 aliphatic carbocycles. The van der Waals surface area contributed by atoms with Crippen molar-refractivity contribution in [2.75, 3.05) is 28.2 Å². The van der Waals surface area contributed by atoms with Crippen LogP contribution in [-0.4, -0.2) is 138 Å². The Morgan fingerprint density at radius 1 is 0.413 bits per heavy atom. The number of urea groups is 1. The average Bonchev–Trinajstić information content (AvgIpc) is 3.07. The first-order valence-corrected chi connectivity index (χ1v) is 22.8. The highest BCUT2D eigenvalue weighted by Gasteiger charge is 2.32. The second-order valence-corrected chi connectivity index (χ2v) is 21.4. The molecule has 0 aromatic heterocycles. The van der Waals surface area contributed by atoms with Gasteiger partial charge in [-0.3, -0.25) is 9.59 Å². The smallest absolute Gasteiger partial charge is 0.463 e. The van der Waals surface area contributed by atoms with Crippen LogP contribution in [-0.2, 0) is 28.5 Å². The van der Waals surface area contributed by atoms with Crippen LogP contribution in [0.5, 0.6) is 0 Å². The monoisotopic (exact) mass is 909 g/mol. The number of amides is 4. The third kappa shape index (κ3) is 42.4. The number of rotatable bonds is 9. The molecule has 0 aliphatic heterocycles. The number of hydrogen-bond acceptors (Lipinski definition) is 10. The zero-order valence-electron chi connectivity index (χ0n) is 46.7. The Morgan fingerprint density at radius 3 is 0.825 bits per heavy atom.